The van der Waals surface area contributed by atoms with Gasteiger partial charge in [-0.2, -0.15) is 5.10 Å². The van der Waals surface area contributed by atoms with Crippen LogP contribution in [0.15, 0.2) is 23.3 Å². The third-order valence-electron chi connectivity index (χ3n) is 2.55. The quantitative estimate of drug-likeness (QED) is 0.327. The fraction of sp³-hybridized carbons (Fsp3) is 0.357. The SMILES string of the molecule is COCCCNC(=O)CC(=O)N/N=C\c1c(Cl)cccc1Cl. The number of carbonyl (C=O) groups excluding carboxylic acids is 2. The summed E-state index contributed by atoms with van der Waals surface area (Å²) in [5, 5.41) is 7.17. The fourth-order valence-electron chi connectivity index (χ4n) is 1.50. The van der Waals surface area contributed by atoms with Crippen molar-refractivity contribution in [1.29, 1.82) is 0 Å². The molecule has 0 saturated heterocycles. The molecule has 0 bridgehead atoms. The number of carbonyl (C=O) groups is 2. The first-order valence-corrected chi connectivity index (χ1v) is 7.31. The van der Waals surface area contributed by atoms with Crippen molar-refractivity contribution in [3.05, 3.63) is 33.8 Å². The van der Waals surface area contributed by atoms with Crippen molar-refractivity contribution in [1.82, 2.24) is 10.7 Å². The smallest absolute Gasteiger partial charge is 0.249 e. The Morgan fingerprint density at radius 3 is 2.59 bits per heavy atom. The van der Waals surface area contributed by atoms with Gasteiger partial charge in [0.2, 0.25) is 11.8 Å². The van der Waals surface area contributed by atoms with Gasteiger partial charge in [0.25, 0.3) is 0 Å². The van der Waals surface area contributed by atoms with E-state index in [1.807, 2.05) is 0 Å². The number of hydrazone groups is 1. The number of hydrogen-bond acceptors (Lipinski definition) is 4. The molecule has 2 amide bonds. The standard InChI is InChI=1S/C14H17Cl2N3O3/c1-22-7-3-6-17-13(20)8-14(21)19-18-9-10-11(15)4-2-5-12(10)16/h2,4-5,9H,3,6-8H2,1H3,(H,17,20)(H,19,21)/b18-9-. The van der Waals surface area contributed by atoms with Crippen molar-refractivity contribution < 1.29 is 14.3 Å². The number of ether oxygens (including phenoxy) is 1. The lowest BCUT2D eigenvalue weighted by atomic mass is 10.2. The van der Waals surface area contributed by atoms with Gasteiger partial charge in [-0.1, -0.05) is 29.3 Å². The maximum Gasteiger partial charge on any atom is 0.249 e. The molecule has 0 aliphatic heterocycles. The Balaban J connectivity index is 2.36. The number of methoxy groups -OCH3 is 1. The molecule has 0 atom stereocenters. The lowest BCUT2D eigenvalue weighted by Crippen LogP contribution is -2.30. The van der Waals surface area contributed by atoms with E-state index in [4.69, 9.17) is 27.9 Å². The largest absolute Gasteiger partial charge is 0.385 e. The Kier molecular flexibility index (Phi) is 8.50. The monoisotopic (exact) mass is 345 g/mol. The van der Waals surface area contributed by atoms with Crippen LogP contribution in [0.1, 0.15) is 18.4 Å². The molecule has 0 aromatic heterocycles. The Hall–Kier alpha value is -1.63. The van der Waals surface area contributed by atoms with Gasteiger partial charge >= 0.3 is 0 Å². The molecule has 0 radical (unpaired) electrons. The number of amides is 2. The number of halogens is 2. The molecule has 0 unspecified atom stereocenters. The minimum absolute atomic E-state index is 0.305. The minimum atomic E-state index is -0.524. The first kappa shape index (κ1) is 18.4. The van der Waals surface area contributed by atoms with Crippen LogP contribution >= 0.6 is 23.2 Å². The van der Waals surface area contributed by atoms with Crippen LogP contribution in [0, 0.1) is 0 Å². The second-order valence-corrected chi connectivity index (χ2v) is 5.12. The van der Waals surface area contributed by atoms with Gasteiger partial charge in [-0.05, 0) is 18.6 Å². The lowest BCUT2D eigenvalue weighted by Gasteiger charge is -2.04. The van der Waals surface area contributed by atoms with Gasteiger partial charge < -0.3 is 10.1 Å². The summed E-state index contributed by atoms with van der Waals surface area (Å²) >= 11 is 11.9. The van der Waals surface area contributed by atoms with Crippen molar-refractivity contribution in [3.63, 3.8) is 0 Å². The van der Waals surface area contributed by atoms with Gasteiger partial charge in [-0.15, -0.1) is 0 Å². The Bertz CT molecular complexity index is 530. The molecular formula is C14H17Cl2N3O3. The van der Waals surface area contributed by atoms with Crippen molar-refractivity contribution in [3.8, 4) is 0 Å². The van der Waals surface area contributed by atoms with Gasteiger partial charge in [-0.25, -0.2) is 5.43 Å². The minimum Gasteiger partial charge on any atom is -0.385 e. The molecule has 2 N–H and O–H groups in total. The highest BCUT2D eigenvalue weighted by molar-refractivity contribution is 6.38. The van der Waals surface area contributed by atoms with E-state index in [0.717, 1.165) is 0 Å². The zero-order valence-corrected chi connectivity index (χ0v) is 13.6. The number of nitrogens with one attached hydrogen (secondary N) is 2. The van der Waals surface area contributed by atoms with Gasteiger partial charge in [0.05, 0.1) is 16.3 Å². The van der Waals surface area contributed by atoms with Gasteiger partial charge in [0.15, 0.2) is 0 Å². The molecule has 120 valence electrons. The molecule has 1 aromatic rings. The fourth-order valence-corrected chi connectivity index (χ4v) is 1.99. The first-order chi connectivity index (χ1) is 10.5. The van der Waals surface area contributed by atoms with Crippen LogP contribution in [0.5, 0.6) is 0 Å². The molecule has 0 aliphatic carbocycles. The predicted octanol–water partition coefficient (Wildman–Crippen LogP) is 1.99. The summed E-state index contributed by atoms with van der Waals surface area (Å²) in [7, 11) is 1.58. The zero-order chi connectivity index (χ0) is 16.4. The third kappa shape index (κ3) is 6.89. The van der Waals surface area contributed by atoms with Gasteiger partial charge in [-0.3, -0.25) is 9.59 Å². The molecule has 22 heavy (non-hydrogen) atoms. The van der Waals surface area contributed by atoms with E-state index >= 15 is 0 Å². The summed E-state index contributed by atoms with van der Waals surface area (Å²) < 4.78 is 4.85. The molecule has 1 rings (SSSR count). The molecular weight excluding hydrogens is 329 g/mol. The van der Waals surface area contributed by atoms with Gasteiger partial charge in [0.1, 0.15) is 6.42 Å². The van der Waals surface area contributed by atoms with Crippen LogP contribution in [0.2, 0.25) is 10.0 Å². The van der Waals surface area contributed by atoms with Crippen molar-refractivity contribution in [2.24, 2.45) is 5.10 Å². The number of rotatable bonds is 8. The summed E-state index contributed by atoms with van der Waals surface area (Å²) in [6.45, 7) is 1.01. The average Bonchev–Trinajstić information content (AvgIpc) is 2.47. The Morgan fingerprint density at radius 2 is 1.95 bits per heavy atom. The summed E-state index contributed by atoms with van der Waals surface area (Å²) in [4.78, 5) is 23.0. The third-order valence-corrected chi connectivity index (χ3v) is 3.21. The van der Waals surface area contributed by atoms with Crippen LogP contribution in [0.3, 0.4) is 0 Å². The maximum atomic E-state index is 11.5. The normalized spacial score (nSPS) is 10.7. The highest BCUT2D eigenvalue weighted by atomic mass is 35.5. The molecule has 0 heterocycles. The van der Waals surface area contributed by atoms with E-state index in [2.05, 4.69) is 15.8 Å². The second-order valence-electron chi connectivity index (χ2n) is 4.30. The highest BCUT2D eigenvalue weighted by Crippen LogP contribution is 2.21. The van der Waals surface area contributed by atoms with Crippen LogP contribution in [0.25, 0.3) is 0 Å². The van der Waals surface area contributed by atoms with Crippen LogP contribution in [-0.4, -0.2) is 38.3 Å². The van der Waals surface area contributed by atoms with Crippen LogP contribution in [-0.2, 0) is 14.3 Å². The van der Waals surface area contributed by atoms with E-state index < -0.39 is 5.91 Å². The Labute approximate surface area is 138 Å². The predicted molar refractivity (Wildman–Crippen MR) is 86.3 cm³/mol. The molecule has 1 aromatic carbocycles. The molecule has 8 heteroatoms. The summed E-state index contributed by atoms with van der Waals surface area (Å²) in [6, 6.07) is 5.02. The lowest BCUT2D eigenvalue weighted by molar-refractivity contribution is -0.129. The van der Waals surface area contributed by atoms with E-state index in [1.165, 1.54) is 6.21 Å². The van der Waals surface area contributed by atoms with E-state index in [1.54, 1.807) is 25.3 Å². The average molecular weight is 346 g/mol. The first-order valence-electron chi connectivity index (χ1n) is 6.56. The summed E-state index contributed by atoms with van der Waals surface area (Å²) in [5.74, 6) is -0.900. The zero-order valence-electron chi connectivity index (χ0n) is 12.1. The number of hydrogen-bond donors (Lipinski definition) is 2. The van der Waals surface area contributed by atoms with E-state index in [9.17, 15) is 9.59 Å². The van der Waals surface area contributed by atoms with Crippen molar-refractivity contribution >= 4 is 41.2 Å². The van der Waals surface area contributed by atoms with Gasteiger partial charge in [0, 0.05) is 25.8 Å². The van der Waals surface area contributed by atoms with Crippen LogP contribution < -0.4 is 10.7 Å². The summed E-state index contributed by atoms with van der Waals surface area (Å²) in [5.41, 5.74) is 2.74. The molecule has 0 aliphatic rings. The maximum absolute atomic E-state index is 11.5. The van der Waals surface area contributed by atoms with Crippen molar-refractivity contribution in [2.45, 2.75) is 12.8 Å². The number of nitrogens with zero attached hydrogens (tertiary/aromatic N) is 1. The van der Waals surface area contributed by atoms with E-state index in [0.29, 0.717) is 35.2 Å². The Morgan fingerprint density at radius 1 is 1.27 bits per heavy atom. The molecule has 0 saturated carbocycles. The molecule has 0 spiro atoms. The topological polar surface area (TPSA) is 79.8 Å². The van der Waals surface area contributed by atoms with Crippen LogP contribution in [0.4, 0.5) is 0 Å². The summed E-state index contributed by atoms with van der Waals surface area (Å²) in [6.07, 6.45) is 1.71. The second kappa shape index (κ2) is 10.2. The van der Waals surface area contributed by atoms with Crippen molar-refractivity contribution in [2.75, 3.05) is 20.3 Å². The highest BCUT2D eigenvalue weighted by Gasteiger charge is 2.08. The van der Waals surface area contributed by atoms with E-state index in [-0.39, 0.29) is 12.3 Å². The molecule has 0 fully saturated rings. The number of benzene rings is 1. The molecule has 6 nitrogen and oxygen atoms in total.